The van der Waals surface area contributed by atoms with Crippen LogP contribution in [0.5, 0.6) is 0 Å². The minimum atomic E-state index is -3.85. The Morgan fingerprint density at radius 3 is 2.14 bits per heavy atom. The molecule has 0 aliphatic carbocycles. The van der Waals surface area contributed by atoms with Crippen molar-refractivity contribution in [3.8, 4) is 16.9 Å². The van der Waals surface area contributed by atoms with E-state index in [4.69, 9.17) is 16.7 Å². The van der Waals surface area contributed by atoms with Crippen molar-refractivity contribution >= 4 is 31.6 Å². The largest absolute Gasteiger partial charge is 0.262 e. The molecule has 8 nitrogen and oxygen atoms in total. The molecule has 29 heavy (non-hydrogen) atoms. The SMILES string of the molecule is CCN(C)S(=O)(=O)c1cc(-c2ccc(Cl)cc2)n(-c2ccc(S(N)(=O)=O)cc2)n1. The standard InChI is InChI=1S/C18H19ClN4O4S2/c1-3-22(2)29(26,27)18-12-17(13-4-6-14(19)7-5-13)23(21-18)15-8-10-16(11-9-15)28(20,24)25/h4-12H,3H2,1-2H3,(H2,20,24,25). The highest BCUT2D eigenvalue weighted by Crippen LogP contribution is 2.28. The zero-order valence-corrected chi connectivity index (χ0v) is 18.0. The molecule has 0 spiro atoms. The van der Waals surface area contributed by atoms with E-state index in [2.05, 4.69) is 5.10 Å². The molecule has 0 fully saturated rings. The van der Waals surface area contributed by atoms with Gasteiger partial charge in [-0.05, 0) is 36.4 Å². The first kappa shape index (κ1) is 21.5. The lowest BCUT2D eigenvalue weighted by Gasteiger charge is -2.12. The maximum atomic E-state index is 12.8. The van der Waals surface area contributed by atoms with Gasteiger partial charge >= 0.3 is 0 Å². The Kier molecular flexibility index (Phi) is 5.84. The fraction of sp³-hybridized carbons (Fsp3) is 0.167. The Bertz CT molecular complexity index is 1240. The Morgan fingerprint density at radius 2 is 1.62 bits per heavy atom. The monoisotopic (exact) mass is 454 g/mol. The quantitative estimate of drug-likeness (QED) is 0.614. The molecule has 0 aliphatic rings. The van der Waals surface area contributed by atoms with E-state index in [1.54, 1.807) is 31.2 Å². The van der Waals surface area contributed by atoms with Crippen molar-refractivity contribution in [3.63, 3.8) is 0 Å². The number of nitrogens with zero attached hydrogens (tertiary/aromatic N) is 3. The highest BCUT2D eigenvalue weighted by Gasteiger charge is 2.25. The van der Waals surface area contributed by atoms with E-state index in [1.807, 2.05) is 0 Å². The maximum absolute atomic E-state index is 12.8. The van der Waals surface area contributed by atoms with Crippen molar-refractivity contribution in [2.75, 3.05) is 13.6 Å². The van der Waals surface area contributed by atoms with Crippen LogP contribution in [0.15, 0.2) is 64.5 Å². The van der Waals surface area contributed by atoms with E-state index in [-0.39, 0.29) is 16.5 Å². The van der Waals surface area contributed by atoms with E-state index in [1.165, 1.54) is 46.4 Å². The summed E-state index contributed by atoms with van der Waals surface area (Å²) in [7, 11) is -6.17. The number of primary sulfonamides is 1. The molecule has 0 bridgehead atoms. The third-order valence-electron chi connectivity index (χ3n) is 4.36. The molecule has 0 aliphatic heterocycles. The molecule has 2 N–H and O–H groups in total. The van der Waals surface area contributed by atoms with E-state index in [0.717, 1.165) is 0 Å². The van der Waals surface area contributed by atoms with Crippen LogP contribution >= 0.6 is 11.6 Å². The molecule has 0 saturated heterocycles. The summed E-state index contributed by atoms with van der Waals surface area (Å²) in [4.78, 5) is -0.0555. The molecule has 1 heterocycles. The molecule has 0 unspecified atom stereocenters. The second kappa shape index (κ2) is 7.88. The van der Waals surface area contributed by atoms with Crippen molar-refractivity contribution in [2.24, 2.45) is 5.14 Å². The number of nitrogens with two attached hydrogens (primary N) is 1. The number of halogens is 1. The molecule has 0 radical (unpaired) electrons. The van der Waals surface area contributed by atoms with Crippen LogP contribution in [-0.4, -0.2) is 44.5 Å². The number of hydrogen-bond donors (Lipinski definition) is 1. The summed E-state index contributed by atoms with van der Waals surface area (Å²) in [6, 6.07) is 14.0. The fourth-order valence-corrected chi connectivity index (χ4v) is 4.36. The molecule has 0 amide bonds. The summed E-state index contributed by atoms with van der Waals surface area (Å²) in [6.45, 7) is 2.01. The van der Waals surface area contributed by atoms with Crippen molar-refractivity contribution in [1.29, 1.82) is 0 Å². The van der Waals surface area contributed by atoms with Gasteiger partial charge in [-0.1, -0.05) is 30.7 Å². The fourth-order valence-electron chi connectivity index (χ4n) is 2.62. The summed E-state index contributed by atoms with van der Waals surface area (Å²) in [5.74, 6) is 0. The summed E-state index contributed by atoms with van der Waals surface area (Å²) in [5, 5.41) is 9.84. The van der Waals surface area contributed by atoms with Gasteiger partial charge in [-0.3, -0.25) is 0 Å². The van der Waals surface area contributed by atoms with E-state index >= 15 is 0 Å². The predicted octanol–water partition coefficient (Wildman–Crippen LogP) is 2.48. The van der Waals surface area contributed by atoms with Crippen LogP contribution < -0.4 is 5.14 Å². The zero-order valence-electron chi connectivity index (χ0n) is 15.6. The third-order valence-corrected chi connectivity index (χ3v) is 7.34. The lowest BCUT2D eigenvalue weighted by Crippen LogP contribution is -2.27. The van der Waals surface area contributed by atoms with Gasteiger partial charge in [-0.15, -0.1) is 0 Å². The van der Waals surface area contributed by atoms with Gasteiger partial charge in [-0.25, -0.2) is 26.7 Å². The molecular formula is C18H19ClN4O4S2. The van der Waals surface area contributed by atoms with Gasteiger partial charge in [0.2, 0.25) is 10.0 Å². The molecule has 0 atom stereocenters. The highest BCUT2D eigenvalue weighted by molar-refractivity contribution is 7.89. The average molecular weight is 455 g/mol. The van der Waals surface area contributed by atoms with Crippen molar-refractivity contribution in [1.82, 2.24) is 14.1 Å². The normalized spacial score (nSPS) is 12.4. The van der Waals surface area contributed by atoms with Gasteiger partial charge in [0.25, 0.3) is 10.0 Å². The van der Waals surface area contributed by atoms with Gasteiger partial charge in [0.05, 0.1) is 16.3 Å². The Labute approximate surface area is 174 Å². The smallest absolute Gasteiger partial charge is 0.232 e. The second-order valence-corrected chi connectivity index (χ2v) is 10.2. The minimum absolute atomic E-state index is 0.0555. The maximum Gasteiger partial charge on any atom is 0.262 e. The van der Waals surface area contributed by atoms with Gasteiger partial charge in [0.15, 0.2) is 5.03 Å². The van der Waals surface area contributed by atoms with Crippen LogP contribution in [0.3, 0.4) is 0 Å². The van der Waals surface area contributed by atoms with Gasteiger partial charge in [0, 0.05) is 30.2 Å². The van der Waals surface area contributed by atoms with E-state index in [9.17, 15) is 16.8 Å². The summed E-state index contributed by atoms with van der Waals surface area (Å²) < 4.78 is 51.2. The van der Waals surface area contributed by atoms with Gasteiger partial charge in [-0.2, -0.15) is 9.40 Å². The number of rotatable bonds is 6. The lowest BCUT2D eigenvalue weighted by atomic mass is 10.1. The van der Waals surface area contributed by atoms with E-state index < -0.39 is 20.0 Å². The molecule has 154 valence electrons. The molecule has 3 rings (SSSR count). The predicted molar refractivity (Wildman–Crippen MR) is 111 cm³/mol. The first-order valence-electron chi connectivity index (χ1n) is 8.49. The van der Waals surface area contributed by atoms with Gasteiger partial charge in [0.1, 0.15) is 0 Å². The minimum Gasteiger partial charge on any atom is -0.232 e. The van der Waals surface area contributed by atoms with Crippen molar-refractivity contribution < 1.29 is 16.8 Å². The van der Waals surface area contributed by atoms with Crippen LogP contribution in [0.25, 0.3) is 16.9 Å². The molecule has 3 aromatic rings. The van der Waals surface area contributed by atoms with Crippen LogP contribution in [0.1, 0.15) is 6.92 Å². The summed E-state index contributed by atoms with van der Waals surface area (Å²) in [5.41, 5.74) is 1.68. The van der Waals surface area contributed by atoms with Crippen LogP contribution in [0.2, 0.25) is 5.02 Å². The molecule has 11 heteroatoms. The molecule has 0 saturated carbocycles. The van der Waals surface area contributed by atoms with Crippen LogP contribution in [0.4, 0.5) is 0 Å². The van der Waals surface area contributed by atoms with Crippen molar-refractivity contribution in [2.45, 2.75) is 16.8 Å². The molecule has 1 aromatic heterocycles. The Morgan fingerprint density at radius 1 is 1.03 bits per heavy atom. The second-order valence-electron chi connectivity index (χ2n) is 6.24. The summed E-state index contributed by atoms with van der Waals surface area (Å²) in [6.07, 6.45) is 0. The van der Waals surface area contributed by atoms with Gasteiger partial charge < -0.3 is 0 Å². The molecule has 2 aromatic carbocycles. The Balaban J connectivity index is 2.20. The lowest BCUT2D eigenvalue weighted by molar-refractivity contribution is 0.482. The van der Waals surface area contributed by atoms with Crippen molar-refractivity contribution in [3.05, 3.63) is 59.6 Å². The number of aromatic nitrogens is 2. The highest BCUT2D eigenvalue weighted by atomic mass is 35.5. The van der Waals surface area contributed by atoms with Crippen LogP contribution in [-0.2, 0) is 20.0 Å². The Hall–Kier alpha value is -2.24. The number of hydrogen-bond acceptors (Lipinski definition) is 5. The van der Waals surface area contributed by atoms with Crippen LogP contribution in [0, 0.1) is 0 Å². The third kappa shape index (κ3) is 4.36. The summed E-state index contributed by atoms with van der Waals surface area (Å²) >= 11 is 5.96. The average Bonchev–Trinajstić information content (AvgIpc) is 3.13. The topological polar surface area (TPSA) is 115 Å². The first-order chi connectivity index (χ1) is 13.5. The van der Waals surface area contributed by atoms with E-state index in [0.29, 0.717) is 22.0 Å². The number of benzene rings is 2. The number of sulfonamides is 2. The zero-order chi connectivity index (χ0) is 21.4. The first-order valence-corrected chi connectivity index (χ1v) is 11.9. The molecular weight excluding hydrogens is 436 g/mol.